The summed E-state index contributed by atoms with van der Waals surface area (Å²) in [5.41, 5.74) is 9.65. The van der Waals surface area contributed by atoms with E-state index >= 15 is 0 Å². The van der Waals surface area contributed by atoms with Crippen molar-refractivity contribution in [3.8, 4) is 0 Å². The number of rotatable bonds is 2. The molecular formula is C16H23N3O. The van der Waals surface area contributed by atoms with Crippen molar-refractivity contribution < 1.29 is 4.79 Å². The monoisotopic (exact) mass is 273 g/mol. The molecule has 1 aromatic carbocycles. The van der Waals surface area contributed by atoms with Crippen LogP contribution in [0.15, 0.2) is 18.2 Å². The normalized spacial score (nSPS) is 19.5. The number of nitrogens with zero attached hydrogens (tertiary/aromatic N) is 1. The van der Waals surface area contributed by atoms with Gasteiger partial charge in [-0.25, -0.2) is 4.79 Å². The Labute approximate surface area is 120 Å². The number of aryl methyl sites for hydroxylation is 1. The number of benzene rings is 1. The van der Waals surface area contributed by atoms with E-state index in [4.69, 9.17) is 5.73 Å². The van der Waals surface area contributed by atoms with Crippen LogP contribution in [0.1, 0.15) is 36.8 Å². The van der Waals surface area contributed by atoms with Gasteiger partial charge in [-0.05, 0) is 55.7 Å². The average molecular weight is 273 g/mol. The first-order valence-electron chi connectivity index (χ1n) is 7.66. The first kappa shape index (κ1) is 13.3. The highest BCUT2D eigenvalue weighted by atomic mass is 16.2. The van der Waals surface area contributed by atoms with Crippen molar-refractivity contribution in [2.75, 3.05) is 18.4 Å². The van der Waals surface area contributed by atoms with E-state index in [1.807, 2.05) is 0 Å². The Hall–Kier alpha value is -1.71. The van der Waals surface area contributed by atoms with E-state index in [1.165, 1.54) is 42.5 Å². The molecule has 2 amide bonds. The number of nitrogens with two attached hydrogens (primary N) is 1. The van der Waals surface area contributed by atoms with Gasteiger partial charge < -0.3 is 16.0 Å². The SMILES string of the molecule is NC(=O)N1CCC(Nc2cccc3c2CCCC3)CC1. The Morgan fingerprint density at radius 1 is 1.20 bits per heavy atom. The van der Waals surface area contributed by atoms with Crippen molar-refractivity contribution in [3.63, 3.8) is 0 Å². The molecule has 2 aliphatic rings. The lowest BCUT2D eigenvalue weighted by atomic mass is 9.90. The predicted octanol–water partition coefficient (Wildman–Crippen LogP) is 2.52. The quantitative estimate of drug-likeness (QED) is 0.870. The molecule has 1 saturated heterocycles. The zero-order valence-electron chi connectivity index (χ0n) is 11.9. The lowest BCUT2D eigenvalue weighted by Crippen LogP contribution is -2.44. The van der Waals surface area contributed by atoms with Crippen LogP contribution in [0.2, 0.25) is 0 Å². The molecule has 1 heterocycles. The van der Waals surface area contributed by atoms with Gasteiger partial charge in [0.15, 0.2) is 0 Å². The zero-order valence-corrected chi connectivity index (χ0v) is 11.9. The second-order valence-electron chi connectivity index (χ2n) is 5.89. The van der Waals surface area contributed by atoms with Crippen LogP contribution in [0.4, 0.5) is 10.5 Å². The Bertz CT molecular complexity index is 492. The Morgan fingerprint density at radius 3 is 2.70 bits per heavy atom. The first-order valence-corrected chi connectivity index (χ1v) is 7.66. The third-order valence-electron chi connectivity index (χ3n) is 4.56. The minimum absolute atomic E-state index is 0.291. The molecule has 0 aromatic heterocycles. The second-order valence-corrected chi connectivity index (χ2v) is 5.89. The number of primary amides is 1. The average Bonchev–Trinajstić information content (AvgIpc) is 2.48. The molecule has 0 atom stereocenters. The molecule has 3 rings (SSSR count). The van der Waals surface area contributed by atoms with Crippen LogP contribution in [-0.4, -0.2) is 30.1 Å². The lowest BCUT2D eigenvalue weighted by Gasteiger charge is -2.32. The van der Waals surface area contributed by atoms with Crippen LogP contribution in [0.25, 0.3) is 0 Å². The third-order valence-corrected chi connectivity index (χ3v) is 4.56. The van der Waals surface area contributed by atoms with E-state index in [0.29, 0.717) is 6.04 Å². The van der Waals surface area contributed by atoms with Crippen LogP contribution in [0.5, 0.6) is 0 Å². The number of piperidine rings is 1. The fourth-order valence-corrected chi connectivity index (χ4v) is 3.38. The maximum absolute atomic E-state index is 11.1. The molecule has 0 radical (unpaired) electrons. The molecular weight excluding hydrogens is 250 g/mol. The summed E-state index contributed by atoms with van der Waals surface area (Å²) >= 11 is 0. The summed E-state index contributed by atoms with van der Waals surface area (Å²) < 4.78 is 0. The van der Waals surface area contributed by atoms with E-state index in [9.17, 15) is 4.79 Å². The standard InChI is InChI=1S/C16H23N3O/c17-16(20)19-10-8-13(9-11-19)18-15-7-3-5-12-4-1-2-6-14(12)15/h3,5,7,13,18H,1-2,4,6,8-11H2,(H2,17,20). The first-order chi connectivity index (χ1) is 9.74. The molecule has 20 heavy (non-hydrogen) atoms. The maximum atomic E-state index is 11.1. The van der Waals surface area contributed by atoms with E-state index in [0.717, 1.165) is 25.9 Å². The summed E-state index contributed by atoms with van der Waals surface area (Å²) in [7, 11) is 0. The molecule has 0 spiro atoms. The molecule has 1 fully saturated rings. The summed E-state index contributed by atoms with van der Waals surface area (Å²) in [5.74, 6) is 0. The van der Waals surface area contributed by atoms with Gasteiger partial charge in [-0.3, -0.25) is 0 Å². The second kappa shape index (κ2) is 5.73. The van der Waals surface area contributed by atoms with Crippen LogP contribution < -0.4 is 11.1 Å². The Morgan fingerprint density at radius 2 is 1.95 bits per heavy atom. The number of urea groups is 1. The van der Waals surface area contributed by atoms with E-state index in [2.05, 4.69) is 23.5 Å². The van der Waals surface area contributed by atoms with Gasteiger partial charge in [-0.15, -0.1) is 0 Å². The molecule has 0 bridgehead atoms. The van der Waals surface area contributed by atoms with Gasteiger partial charge in [0.1, 0.15) is 0 Å². The van der Waals surface area contributed by atoms with Crippen molar-refractivity contribution in [1.29, 1.82) is 0 Å². The van der Waals surface area contributed by atoms with E-state index in [1.54, 1.807) is 4.90 Å². The number of likely N-dealkylation sites (tertiary alicyclic amines) is 1. The molecule has 1 aliphatic heterocycles. The number of anilines is 1. The van der Waals surface area contributed by atoms with Crippen molar-refractivity contribution >= 4 is 11.7 Å². The topological polar surface area (TPSA) is 58.4 Å². The minimum atomic E-state index is -0.291. The fourth-order valence-electron chi connectivity index (χ4n) is 3.38. The number of fused-ring (bicyclic) bond motifs is 1. The van der Waals surface area contributed by atoms with Gasteiger partial charge in [0.25, 0.3) is 0 Å². The van der Waals surface area contributed by atoms with Gasteiger partial charge in [-0.2, -0.15) is 0 Å². The number of amides is 2. The molecule has 4 heteroatoms. The van der Waals surface area contributed by atoms with E-state index < -0.39 is 0 Å². The predicted molar refractivity (Wildman–Crippen MR) is 80.9 cm³/mol. The molecule has 1 aliphatic carbocycles. The molecule has 0 saturated carbocycles. The van der Waals surface area contributed by atoms with Crippen LogP contribution in [-0.2, 0) is 12.8 Å². The third kappa shape index (κ3) is 2.74. The van der Waals surface area contributed by atoms with Crippen molar-refractivity contribution in [1.82, 2.24) is 4.90 Å². The van der Waals surface area contributed by atoms with Gasteiger partial charge in [0, 0.05) is 24.8 Å². The van der Waals surface area contributed by atoms with Crippen LogP contribution in [0, 0.1) is 0 Å². The summed E-state index contributed by atoms with van der Waals surface area (Å²) in [6.45, 7) is 1.53. The number of hydrogen-bond donors (Lipinski definition) is 2. The minimum Gasteiger partial charge on any atom is -0.382 e. The van der Waals surface area contributed by atoms with Crippen molar-refractivity contribution in [2.45, 2.75) is 44.6 Å². The van der Waals surface area contributed by atoms with Gasteiger partial charge in [0.2, 0.25) is 0 Å². The summed E-state index contributed by atoms with van der Waals surface area (Å²) in [4.78, 5) is 12.9. The van der Waals surface area contributed by atoms with Gasteiger partial charge >= 0.3 is 6.03 Å². The van der Waals surface area contributed by atoms with Crippen LogP contribution >= 0.6 is 0 Å². The summed E-state index contributed by atoms with van der Waals surface area (Å²) in [5, 5.41) is 3.69. The number of hydrogen-bond acceptors (Lipinski definition) is 2. The lowest BCUT2D eigenvalue weighted by molar-refractivity contribution is 0.193. The molecule has 108 valence electrons. The van der Waals surface area contributed by atoms with Gasteiger partial charge in [-0.1, -0.05) is 12.1 Å². The number of nitrogens with one attached hydrogen (secondary N) is 1. The summed E-state index contributed by atoms with van der Waals surface area (Å²) in [6.07, 6.45) is 6.97. The van der Waals surface area contributed by atoms with Crippen molar-refractivity contribution in [3.05, 3.63) is 29.3 Å². The molecule has 1 aromatic rings. The molecule has 4 nitrogen and oxygen atoms in total. The molecule has 3 N–H and O–H groups in total. The zero-order chi connectivity index (χ0) is 13.9. The highest BCUT2D eigenvalue weighted by Crippen LogP contribution is 2.29. The van der Waals surface area contributed by atoms with Crippen LogP contribution in [0.3, 0.4) is 0 Å². The maximum Gasteiger partial charge on any atom is 0.314 e. The summed E-state index contributed by atoms with van der Waals surface area (Å²) in [6, 6.07) is 6.78. The number of carbonyl (C=O) groups is 1. The highest BCUT2D eigenvalue weighted by molar-refractivity contribution is 5.72. The fraction of sp³-hybridized carbons (Fsp3) is 0.562. The Balaban J connectivity index is 1.66. The largest absolute Gasteiger partial charge is 0.382 e. The van der Waals surface area contributed by atoms with Crippen molar-refractivity contribution in [2.24, 2.45) is 5.73 Å². The van der Waals surface area contributed by atoms with Gasteiger partial charge in [0.05, 0.1) is 0 Å². The Kier molecular flexibility index (Phi) is 3.81. The smallest absolute Gasteiger partial charge is 0.314 e. The number of carbonyl (C=O) groups excluding carboxylic acids is 1. The highest BCUT2D eigenvalue weighted by Gasteiger charge is 2.22. The van der Waals surface area contributed by atoms with E-state index in [-0.39, 0.29) is 6.03 Å². The molecule has 0 unspecified atom stereocenters.